The Morgan fingerprint density at radius 2 is 1.62 bits per heavy atom. The molecule has 3 aromatic carbocycles. The molecule has 3 heteroatoms. The molecule has 0 aliphatic carbocycles. The van der Waals surface area contributed by atoms with Gasteiger partial charge >= 0.3 is 0 Å². The topological polar surface area (TPSA) is 12.9 Å². The molecular formula is C21H13ClIN. The standard InChI is InChI=1S/C21H13ClIN/c22-21-18(20-6-1-2-11-24-20)10-9-14-7-8-16(13-19(14)21)15-4-3-5-17(23)12-15/h1-13H. The number of benzene rings is 3. The zero-order valence-electron chi connectivity index (χ0n) is 12.7. The molecule has 24 heavy (non-hydrogen) atoms. The van der Waals surface area contributed by atoms with E-state index < -0.39 is 0 Å². The van der Waals surface area contributed by atoms with E-state index in [1.165, 1.54) is 14.7 Å². The highest BCUT2D eigenvalue weighted by Gasteiger charge is 2.10. The molecule has 0 unspecified atom stereocenters. The molecule has 1 nitrogen and oxygen atoms in total. The summed E-state index contributed by atoms with van der Waals surface area (Å²) in [5.41, 5.74) is 4.22. The molecule has 0 saturated carbocycles. The third kappa shape index (κ3) is 2.92. The first-order chi connectivity index (χ1) is 11.7. The van der Waals surface area contributed by atoms with Crippen molar-refractivity contribution in [3.05, 3.63) is 87.6 Å². The third-order valence-corrected chi connectivity index (χ3v) is 5.13. The summed E-state index contributed by atoms with van der Waals surface area (Å²) in [6.07, 6.45) is 1.79. The summed E-state index contributed by atoms with van der Waals surface area (Å²) in [5, 5.41) is 2.93. The number of hydrogen-bond acceptors (Lipinski definition) is 1. The van der Waals surface area contributed by atoms with Gasteiger partial charge in [-0.15, -0.1) is 0 Å². The molecule has 0 aliphatic heterocycles. The number of nitrogens with zero attached hydrogens (tertiary/aromatic N) is 1. The second-order valence-electron chi connectivity index (χ2n) is 5.59. The monoisotopic (exact) mass is 441 g/mol. The van der Waals surface area contributed by atoms with Crippen LogP contribution in [0.2, 0.25) is 5.02 Å². The molecule has 1 aromatic heterocycles. The van der Waals surface area contributed by atoms with Crippen LogP contribution in [0.3, 0.4) is 0 Å². The summed E-state index contributed by atoms with van der Waals surface area (Å²) in [4.78, 5) is 4.42. The highest BCUT2D eigenvalue weighted by Crippen LogP contribution is 2.35. The first-order valence-electron chi connectivity index (χ1n) is 7.62. The van der Waals surface area contributed by atoms with Gasteiger partial charge in [-0.3, -0.25) is 4.98 Å². The number of halogens is 2. The van der Waals surface area contributed by atoms with E-state index in [1.807, 2.05) is 24.3 Å². The van der Waals surface area contributed by atoms with Crippen LogP contribution in [0.1, 0.15) is 0 Å². The lowest BCUT2D eigenvalue weighted by atomic mass is 9.99. The molecule has 0 bridgehead atoms. The van der Waals surface area contributed by atoms with E-state index in [2.05, 4.69) is 76.1 Å². The fourth-order valence-corrected chi connectivity index (χ4v) is 3.72. The van der Waals surface area contributed by atoms with Gasteiger partial charge in [-0.05, 0) is 69.4 Å². The van der Waals surface area contributed by atoms with Crippen molar-refractivity contribution in [3.8, 4) is 22.4 Å². The fraction of sp³-hybridized carbons (Fsp3) is 0. The van der Waals surface area contributed by atoms with Gasteiger partial charge in [0.25, 0.3) is 0 Å². The average molecular weight is 442 g/mol. The summed E-state index contributed by atoms with van der Waals surface area (Å²) in [5.74, 6) is 0. The van der Waals surface area contributed by atoms with Gasteiger partial charge in [-0.1, -0.05) is 54.1 Å². The van der Waals surface area contributed by atoms with Crippen LogP contribution in [0.5, 0.6) is 0 Å². The Morgan fingerprint density at radius 3 is 2.42 bits per heavy atom. The Kier molecular flexibility index (Phi) is 4.25. The van der Waals surface area contributed by atoms with Crippen molar-refractivity contribution in [2.75, 3.05) is 0 Å². The van der Waals surface area contributed by atoms with Crippen molar-refractivity contribution in [1.82, 2.24) is 4.98 Å². The number of aromatic nitrogens is 1. The predicted molar refractivity (Wildman–Crippen MR) is 110 cm³/mol. The lowest BCUT2D eigenvalue weighted by Crippen LogP contribution is -1.86. The van der Waals surface area contributed by atoms with Crippen molar-refractivity contribution in [2.24, 2.45) is 0 Å². The van der Waals surface area contributed by atoms with E-state index in [4.69, 9.17) is 11.6 Å². The van der Waals surface area contributed by atoms with Crippen LogP contribution in [0.15, 0.2) is 79.0 Å². The van der Waals surface area contributed by atoms with Gasteiger partial charge in [0.15, 0.2) is 0 Å². The minimum absolute atomic E-state index is 0.749. The lowest BCUT2D eigenvalue weighted by Gasteiger charge is -2.10. The average Bonchev–Trinajstić information content (AvgIpc) is 2.63. The largest absolute Gasteiger partial charge is 0.256 e. The summed E-state index contributed by atoms with van der Waals surface area (Å²) in [6, 6.07) is 24.9. The number of pyridine rings is 1. The molecule has 4 aromatic rings. The third-order valence-electron chi connectivity index (χ3n) is 4.05. The van der Waals surface area contributed by atoms with Gasteiger partial charge in [-0.2, -0.15) is 0 Å². The van der Waals surface area contributed by atoms with E-state index >= 15 is 0 Å². The smallest absolute Gasteiger partial charge is 0.0717 e. The van der Waals surface area contributed by atoms with Crippen LogP contribution in [-0.4, -0.2) is 4.98 Å². The van der Waals surface area contributed by atoms with Gasteiger partial charge in [0.05, 0.1) is 10.7 Å². The summed E-state index contributed by atoms with van der Waals surface area (Å²) < 4.78 is 1.22. The van der Waals surface area contributed by atoms with Crippen molar-refractivity contribution < 1.29 is 0 Å². The van der Waals surface area contributed by atoms with Crippen molar-refractivity contribution in [1.29, 1.82) is 0 Å². The Hall–Kier alpha value is -1.91. The number of fused-ring (bicyclic) bond motifs is 1. The maximum absolute atomic E-state index is 6.73. The Morgan fingerprint density at radius 1 is 0.792 bits per heavy atom. The number of hydrogen-bond donors (Lipinski definition) is 0. The lowest BCUT2D eigenvalue weighted by molar-refractivity contribution is 1.33. The van der Waals surface area contributed by atoms with Crippen LogP contribution in [0, 0.1) is 3.57 Å². The van der Waals surface area contributed by atoms with Gasteiger partial charge < -0.3 is 0 Å². The van der Waals surface area contributed by atoms with Crippen LogP contribution < -0.4 is 0 Å². The van der Waals surface area contributed by atoms with E-state index in [9.17, 15) is 0 Å². The fourth-order valence-electron chi connectivity index (χ4n) is 2.85. The molecule has 0 N–H and O–H groups in total. The molecule has 0 fully saturated rings. The van der Waals surface area contributed by atoms with Gasteiger partial charge in [0, 0.05) is 20.7 Å². The maximum atomic E-state index is 6.73. The molecule has 0 amide bonds. The van der Waals surface area contributed by atoms with Crippen LogP contribution >= 0.6 is 34.2 Å². The highest BCUT2D eigenvalue weighted by molar-refractivity contribution is 14.1. The van der Waals surface area contributed by atoms with Crippen molar-refractivity contribution in [3.63, 3.8) is 0 Å². The summed E-state index contributed by atoms with van der Waals surface area (Å²) >= 11 is 9.06. The second kappa shape index (κ2) is 6.54. The minimum Gasteiger partial charge on any atom is -0.256 e. The van der Waals surface area contributed by atoms with E-state index in [0.717, 1.165) is 27.1 Å². The Bertz CT molecular complexity index is 1030. The molecular weight excluding hydrogens is 429 g/mol. The van der Waals surface area contributed by atoms with Gasteiger partial charge in [-0.25, -0.2) is 0 Å². The highest BCUT2D eigenvalue weighted by atomic mass is 127. The minimum atomic E-state index is 0.749. The normalized spacial score (nSPS) is 10.9. The molecule has 116 valence electrons. The van der Waals surface area contributed by atoms with Gasteiger partial charge in [0.2, 0.25) is 0 Å². The zero-order valence-corrected chi connectivity index (χ0v) is 15.6. The second-order valence-corrected chi connectivity index (χ2v) is 7.21. The van der Waals surface area contributed by atoms with E-state index in [0.29, 0.717) is 0 Å². The van der Waals surface area contributed by atoms with Crippen LogP contribution in [0.4, 0.5) is 0 Å². The molecule has 0 atom stereocenters. The first-order valence-corrected chi connectivity index (χ1v) is 9.08. The van der Waals surface area contributed by atoms with Gasteiger partial charge in [0.1, 0.15) is 0 Å². The molecule has 4 rings (SSSR count). The first kappa shape index (κ1) is 15.6. The molecule has 0 aliphatic rings. The van der Waals surface area contributed by atoms with Crippen LogP contribution in [-0.2, 0) is 0 Å². The molecule has 0 saturated heterocycles. The van der Waals surface area contributed by atoms with Crippen molar-refractivity contribution in [2.45, 2.75) is 0 Å². The van der Waals surface area contributed by atoms with Crippen LogP contribution in [0.25, 0.3) is 33.2 Å². The summed E-state index contributed by atoms with van der Waals surface area (Å²) in [6.45, 7) is 0. The van der Waals surface area contributed by atoms with E-state index in [1.54, 1.807) is 6.20 Å². The maximum Gasteiger partial charge on any atom is 0.0717 e. The quantitative estimate of drug-likeness (QED) is 0.311. The summed E-state index contributed by atoms with van der Waals surface area (Å²) in [7, 11) is 0. The van der Waals surface area contributed by atoms with E-state index in [-0.39, 0.29) is 0 Å². The molecule has 0 radical (unpaired) electrons. The SMILES string of the molecule is Clc1c(-c2ccccn2)ccc2ccc(-c3cccc(I)c3)cc12. The Labute approximate surface area is 159 Å². The zero-order chi connectivity index (χ0) is 16.5. The Balaban J connectivity index is 1.91. The number of rotatable bonds is 2. The van der Waals surface area contributed by atoms with Crippen molar-refractivity contribution >= 4 is 45.0 Å². The molecule has 0 spiro atoms. The predicted octanol–water partition coefficient (Wildman–Crippen LogP) is 6.83. The molecule has 1 heterocycles.